The minimum atomic E-state index is -0.131. The monoisotopic (exact) mass is 292 g/mol. The molecule has 0 saturated heterocycles. The number of methoxy groups -OCH3 is 1. The molecule has 20 heavy (non-hydrogen) atoms. The first kappa shape index (κ1) is 14.5. The van der Waals surface area contributed by atoms with Crippen LogP contribution in [0.2, 0.25) is 0 Å². The summed E-state index contributed by atoms with van der Waals surface area (Å²) in [4.78, 5) is 18.2. The van der Waals surface area contributed by atoms with Crippen molar-refractivity contribution in [2.75, 3.05) is 19.5 Å². The maximum atomic E-state index is 11.3. The molecule has 0 aliphatic heterocycles. The fourth-order valence-electron chi connectivity index (χ4n) is 1.61. The highest BCUT2D eigenvalue weighted by Gasteiger charge is 2.00. The Bertz CT molecular complexity index is 628. The van der Waals surface area contributed by atoms with Crippen LogP contribution in [0.3, 0.4) is 0 Å². The topological polar surface area (TPSA) is 64.2 Å². The van der Waals surface area contributed by atoms with E-state index in [1.807, 2.05) is 24.3 Å². The van der Waals surface area contributed by atoms with Gasteiger partial charge in [0.2, 0.25) is 0 Å². The molecule has 1 heterocycles. The summed E-state index contributed by atoms with van der Waals surface area (Å²) < 4.78 is 10.7. The average Bonchev–Trinajstić information content (AvgIpc) is 2.43. The molecule has 0 fully saturated rings. The number of nitrogens with one attached hydrogen (secondary N) is 1. The van der Waals surface area contributed by atoms with Gasteiger partial charge >= 0.3 is 0 Å². The van der Waals surface area contributed by atoms with Crippen molar-refractivity contribution in [3.63, 3.8) is 0 Å². The summed E-state index contributed by atoms with van der Waals surface area (Å²) in [7, 11) is 1.62. The van der Waals surface area contributed by atoms with Crippen LogP contribution in [0.4, 0.5) is 0 Å². The highest BCUT2D eigenvalue weighted by molar-refractivity contribution is 7.99. The van der Waals surface area contributed by atoms with Crippen LogP contribution < -0.4 is 15.0 Å². The van der Waals surface area contributed by atoms with E-state index in [9.17, 15) is 4.79 Å². The Morgan fingerprint density at radius 1 is 1.30 bits per heavy atom. The van der Waals surface area contributed by atoms with Crippen LogP contribution in [0.25, 0.3) is 0 Å². The maximum absolute atomic E-state index is 11.3. The van der Waals surface area contributed by atoms with E-state index < -0.39 is 0 Å². The van der Waals surface area contributed by atoms with Crippen LogP contribution in [-0.4, -0.2) is 29.4 Å². The lowest BCUT2D eigenvalue weighted by Crippen LogP contribution is -2.09. The maximum Gasteiger partial charge on any atom is 0.251 e. The summed E-state index contributed by atoms with van der Waals surface area (Å²) in [6.45, 7) is 2.32. The SMILES string of the molecule is COc1cccc(OCCSc2nc(C)cc(=O)[nH]2)c1. The molecule has 6 heteroatoms. The van der Waals surface area contributed by atoms with Crippen LogP contribution in [0.5, 0.6) is 11.5 Å². The third kappa shape index (κ3) is 4.31. The van der Waals surface area contributed by atoms with Gasteiger partial charge in [-0.2, -0.15) is 0 Å². The number of nitrogens with zero attached hydrogens (tertiary/aromatic N) is 1. The fraction of sp³-hybridized carbons (Fsp3) is 0.286. The third-order valence-corrected chi connectivity index (χ3v) is 3.32. The van der Waals surface area contributed by atoms with Gasteiger partial charge in [0.25, 0.3) is 5.56 Å². The number of rotatable bonds is 6. The van der Waals surface area contributed by atoms with Crippen molar-refractivity contribution in [3.8, 4) is 11.5 Å². The van der Waals surface area contributed by atoms with E-state index in [1.54, 1.807) is 14.0 Å². The molecule has 0 unspecified atom stereocenters. The lowest BCUT2D eigenvalue weighted by Gasteiger charge is -2.07. The molecule has 5 nitrogen and oxygen atoms in total. The van der Waals surface area contributed by atoms with Gasteiger partial charge in [-0.05, 0) is 19.1 Å². The minimum Gasteiger partial charge on any atom is -0.497 e. The third-order valence-electron chi connectivity index (χ3n) is 2.48. The summed E-state index contributed by atoms with van der Waals surface area (Å²) in [6, 6.07) is 8.91. The molecule has 0 atom stereocenters. The molecule has 0 saturated carbocycles. The first-order valence-corrected chi connectivity index (χ1v) is 7.13. The summed E-state index contributed by atoms with van der Waals surface area (Å²) in [5.74, 6) is 2.22. The summed E-state index contributed by atoms with van der Waals surface area (Å²) in [5, 5.41) is 0.615. The van der Waals surface area contributed by atoms with Gasteiger partial charge in [0.15, 0.2) is 5.16 Å². The number of benzene rings is 1. The number of aryl methyl sites for hydroxylation is 1. The Labute approximate surface area is 121 Å². The number of ether oxygens (including phenoxy) is 2. The number of aromatic nitrogens is 2. The van der Waals surface area contributed by atoms with Crippen molar-refractivity contribution >= 4 is 11.8 Å². The van der Waals surface area contributed by atoms with Gasteiger partial charge < -0.3 is 14.5 Å². The van der Waals surface area contributed by atoms with Crippen LogP contribution >= 0.6 is 11.8 Å². The predicted octanol–water partition coefficient (Wildman–Crippen LogP) is 2.26. The van der Waals surface area contributed by atoms with Gasteiger partial charge in [-0.1, -0.05) is 17.8 Å². The molecule has 2 aromatic rings. The van der Waals surface area contributed by atoms with Crippen molar-refractivity contribution in [2.24, 2.45) is 0 Å². The second-order valence-corrected chi connectivity index (χ2v) is 5.15. The smallest absolute Gasteiger partial charge is 0.251 e. The zero-order chi connectivity index (χ0) is 14.4. The van der Waals surface area contributed by atoms with Crippen LogP contribution in [0.1, 0.15) is 5.69 Å². The van der Waals surface area contributed by atoms with Crippen LogP contribution in [0.15, 0.2) is 40.3 Å². The molecule has 0 amide bonds. The second-order valence-electron chi connectivity index (χ2n) is 4.07. The molecular formula is C14H16N2O3S. The molecule has 0 bridgehead atoms. The first-order chi connectivity index (χ1) is 9.67. The highest BCUT2D eigenvalue weighted by Crippen LogP contribution is 2.19. The van der Waals surface area contributed by atoms with Crippen molar-refractivity contribution in [1.29, 1.82) is 0 Å². The Balaban J connectivity index is 1.82. The van der Waals surface area contributed by atoms with Gasteiger partial charge in [0, 0.05) is 23.6 Å². The molecular weight excluding hydrogens is 276 g/mol. The van der Waals surface area contributed by atoms with Crippen LogP contribution in [-0.2, 0) is 0 Å². The summed E-state index contributed by atoms with van der Waals surface area (Å²) >= 11 is 1.46. The van der Waals surface area contributed by atoms with Gasteiger partial charge in [0.1, 0.15) is 11.5 Å². The number of hydrogen-bond donors (Lipinski definition) is 1. The van der Waals surface area contributed by atoms with Gasteiger partial charge in [-0.15, -0.1) is 0 Å². The van der Waals surface area contributed by atoms with E-state index >= 15 is 0 Å². The second kappa shape index (κ2) is 7.00. The Morgan fingerprint density at radius 3 is 2.85 bits per heavy atom. The standard InChI is InChI=1S/C14H16N2O3S/c1-10-8-13(17)16-14(15-10)20-7-6-19-12-5-3-4-11(9-12)18-2/h3-5,8-9H,6-7H2,1-2H3,(H,15,16,17). The Hall–Kier alpha value is -1.95. The predicted molar refractivity (Wildman–Crippen MR) is 78.8 cm³/mol. The van der Waals surface area contributed by atoms with E-state index in [-0.39, 0.29) is 5.56 Å². The van der Waals surface area contributed by atoms with Gasteiger partial charge in [-0.25, -0.2) is 4.98 Å². The van der Waals surface area contributed by atoms with Crippen molar-refractivity contribution < 1.29 is 9.47 Å². The molecule has 2 rings (SSSR count). The van der Waals surface area contributed by atoms with E-state index in [0.717, 1.165) is 11.5 Å². The first-order valence-electron chi connectivity index (χ1n) is 6.15. The zero-order valence-corrected chi connectivity index (χ0v) is 12.2. The fourth-order valence-corrected chi connectivity index (χ4v) is 2.35. The average molecular weight is 292 g/mol. The highest BCUT2D eigenvalue weighted by atomic mass is 32.2. The molecule has 0 aliphatic carbocycles. The van der Waals surface area contributed by atoms with Crippen LogP contribution in [0, 0.1) is 6.92 Å². The Kier molecular flexibility index (Phi) is 5.06. The van der Waals surface area contributed by atoms with Gasteiger partial charge in [0.05, 0.1) is 13.7 Å². The summed E-state index contributed by atoms with van der Waals surface area (Å²) in [6.07, 6.45) is 0. The van der Waals surface area contributed by atoms with Crippen molar-refractivity contribution in [3.05, 3.63) is 46.4 Å². The molecule has 0 aliphatic rings. The van der Waals surface area contributed by atoms with Crippen molar-refractivity contribution in [1.82, 2.24) is 9.97 Å². The number of aromatic amines is 1. The number of thioether (sulfide) groups is 1. The van der Waals surface area contributed by atoms with Crippen molar-refractivity contribution in [2.45, 2.75) is 12.1 Å². The number of hydrogen-bond acceptors (Lipinski definition) is 5. The Morgan fingerprint density at radius 2 is 2.10 bits per heavy atom. The number of H-pyrrole nitrogens is 1. The lowest BCUT2D eigenvalue weighted by atomic mass is 10.3. The largest absolute Gasteiger partial charge is 0.497 e. The minimum absolute atomic E-state index is 0.131. The molecule has 0 spiro atoms. The van der Waals surface area contributed by atoms with E-state index in [4.69, 9.17) is 9.47 Å². The van der Waals surface area contributed by atoms with Gasteiger partial charge in [-0.3, -0.25) is 4.79 Å². The van der Waals surface area contributed by atoms with E-state index in [2.05, 4.69) is 9.97 Å². The quantitative estimate of drug-likeness (QED) is 0.502. The lowest BCUT2D eigenvalue weighted by molar-refractivity contribution is 0.339. The molecule has 1 N–H and O–H groups in total. The zero-order valence-electron chi connectivity index (χ0n) is 11.4. The normalized spacial score (nSPS) is 10.3. The summed E-state index contributed by atoms with van der Waals surface area (Å²) in [5.41, 5.74) is 0.582. The molecule has 0 radical (unpaired) electrons. The van der Waals surface area contributed by atoms with E-state index in [0.29, 0.717) is 23.2 Å². The van der Waals surface area contributed by atoms with E-state index in [1.165, 1.54) is 17.8 Å². The molecule has 1 aromatic carbocycles. The molecule has 106 valence electrons. The molecule has 1 aromatic heterocycles.